The standard InChI is InChI=1S/C10H12N2O2S.ClH/c1-15(13,14)9-4-2-8(3-5-9)10(12)6-7-11;/h2-5,10H,6,12H2,1H3;1H/t10-;/m1./s1. The van der Waals surface area contributed by atoms with Gasteiger partial charge in [0.05, 0.1) is 17.4 Å². The highest BCUT2D eigenvalue weighted by Crippen LogP contribution is 2.16. The molecule has 1 rings (SSSR count). The monoisotopic (exact) mass is 260 g/mol. The molecular weight excluding hydrogens is 248 g/mol. The van der Waals surface area contributed by atoms with Crippen LogP contribution in [-0.2, 0) is 9.84 Å². The van der Waals surface area contributed by atoms with Crippen LogP contribution in [0.1, 0.15) is 18.0 Å². The molecule has 0 spiro atoms. The van der Waals surface area contributed by atoms with Crippen LogP contribution in [0.2, 0.25) is 0 Å². The summed E-state index contributed by atoms with van der Waals surface area (Å²) in [6.45, 7) is 0. The normalized spacial score (nSPS) is 12.3. The van der Waals surface area contributed by atoms with E-state index in [1.54, 1.807) is 12.1 Å². The van der Waals surface area contributed by atoms with E-state index in [0.29, 0.717) is 0 Å². The van der Waals surface area contributed by atoms with E-state index < -0.39 is 9.84 Å². The molecule has 0 aliphatic carbocycles. The summed E-state index contributed by atoms with van der Waals surface area (Å²) < 4.78 is 22.3. The molecule has 0 aliphatic heterocycles. The first-order valence-corrected chi connectivity index (χ1v) is 6.27. The number of nitrogens with zero attached hydrogens (tertiary/aromatic N) is 1. The summed E-state index contributed by atoms with van der Waals surface area (Å²) in [6.07, 6.45) is 1.37. The molecule has 0 fully saturated rings. The molecule has 16 heavy (non-hydrogen) atoms. The van der Waals surface area contributed by atoms with Gasteiger partial charge in [0.1, 0.15) is 0 Å². The summed E-state index contributed by atoms with van der Waals surface area (Å²) in [5.41, 5.74) is 6.46. The molecule has 0 radical (unpaired) electrons. The van der Waals surface area contributed by atoms with Crippen LogP contribution in [0.3, 0.4) is 0 Å². The molecule has 1 aromatic carbocycles. The van der Waals surface area contributed by atoms with Gasteiger partial charge in [-0.3, -0.25) is 0 Å². The molecule has 0 bridgehead atoms. The smallest absolute Gasteiger partial charge is 0.175 e. The number of sulfone groups is 1. The summed E-state index contributed by atoms with van der Waals surface area (Å²) in [7, 11) is -3.16. The first-order chi connectivity index (χ1) is 6.95. The Bertz CT molecular complexity index is 477. The third-order valence-electron chi connectivity index (χ3n) is 2.05. The van der Waals surface area contributed by atoms with Gasteiger partial charge < -0.3 is 5.73 Å². The highest BCUT2D eigenvalue weighted by Gasteiger charge is 2.09. The molecule has 88 valence electrons. The summed E-state index contributed by atoms with van der Waals surface area (Å²) in [4.78, 5) is 0.260. The molecular formula is C10H13ClN2O2S. The zero-order chi connectivity index (χ0) is 11.5. The molecule has 0 aromatic heterocycles. The molecule has 0 saturated heterocycles. The zero-order valence-corrected chi connectivity index (χ0v) is 10.4. The molecule has 4 nitrogen and oxygen atoms in total. The fraction of sp³-hybridized carbons (Fsp3) is 0.300. The maximum atomic E-state index is 11.2. The van der Waals surface area contributed by atoms with Crippen molar-refractivity contribution < 1.29 is 8.42 Å². The minimum atomic E-state index is -3.16. The van der Waals surface area contributed by atoms with Gasteiger partial charge in [-0.15, -0.1) is 12.4 Å². The van der Waals surface area contributed by atoms with Crippen LogP contribution >= 0.6 is 12.4 Å². The average molecular weight is 261 g/mol. The molecule has 0 saturated carbocycles. The zero-order valence-electron chi connectivity index (χ0n) is 8.75. The van der Waals surface area contributed by atoms with E-state index in [1.165, 1.54) is 12.1 Å². The molecule has 2 N–H and O–H groups in total. The fourth-order valence-electron chi connectivity index (χ4n) is 1.18. The minimum absolute atomic E-state index is 0. The SMILES string of the molecule is CS(=O)(=O)c1ccc([C@H](N)CC#N)cc1.Cl. The summed E-state index contributed by atoms with van der Waals surface area (Å²) in [6, 6.07) is 7.89. The van der Waals surface area contributed by atoms with E-state index in [1.807, 2.05) is 6.07 Å². The van der Waals surface area contributed by atoms with Gasteiger partial charge in [-0.1, -0.05) is 12.1 Å². The third kappa shape index (κ3) is 3.81. The Balaban J connectivity index is 0.00000225. The number of nitriles is 1. The van der Waals surface area contributed by atoms with Gasteiger partial charge >= 0.3 is 0 Å². The Kier molecular flexibility index (Phi) is 5.45. The van der Waals surface area contributed by atoms with Crippen LogP contribution in [0.25, 0.3) is 0 Å². The Hall–Kier alpha value is -1.09. The summed E-state index contributed by atoms with van der Waals surface area (Å²) >= 11 is 0. The van der Waals surface area contributed by atoms with Gasteiger partial charge in [0.2, 0.25) is 0 Å². The minimum Gasteiger partial charge on any atom is -0.323 e. The second kappa shape index (κ2) is 5.85. The fourth-order valence-corrected chi connectivity index (χ4v) is 1.81. The van der Waals surface area contributed by atoms with Crippen LogP contribution in [0.4, 0.5) is 0 Å². The van der Waals surface area contributed by atoms with Gasteiger partial charge in [-0.05, 0) is 17.7 Å². The molecule has 0 amide bonds. The number of halogens is 1. The second-order valence-electron chi connectivity index (χ2n) is 3.31. The summed E-state index contributed by atoms with van der Waals surface area (Å²) in [5.74, 6) is 0. The summed E-state index contributed by atoms with van der Waals surface area (Å²) in [5, 5.41) is 8.46. The number of nitrogens with two attached hydrogens (primary N) is 1. The molecule has 6 heteroatoms. The molecule has 0 heterocycles. The molecule has 0 aliphatic rings. The Morgan fingerprint density at radius 3 is 2.25 bits per heavy atom. The Labute approximate surface area is 101 Å². The second-order valence-corrected chi connectivity index (χ2v) is 5.33. The van der Waals surface area contributed by atoms with Gasteiger partial charge in [-0.25, -0.2) is 8.42 Å². The lowest BCUT2D eigenvalue weighted by molar-refractivity contribution is 0.601. The predicted octanol–water partition coefficient (Wildman–Crippen LogP) is 1.43. The van der Waals surface area contributed by atoms with Crippen LogP contribution < -0.4 is 5.73 Å². The van der Waals surface area contributed by atoms with E-state index in [-0.39, 0.29) is 29.8 Å². The van der Waals surface area contributed by atoms with Crippen molar-refractivity contribution in [2.24, 2.45) is 5.73 Å². The lowest BCUT2D eigenvalue weighted by atomic mass is 10.1. The largest absolute Gasteiger partial charge is 0.323 e. The lowest BCUT2D eigenvalue weighted by Crippen LogP contribution is -2.09. The topological polar surface area (TPSA) is 83.9 Å². The maximum Gasteiger partial charge on any atom is 0.175 e. The van der Waals surface area contributed by atoms with E-state index in [4.69, 9.17) is 11.0 Å². The van der Waals surface area contributed by atoms with Gasteiger partial charge in [0.15, 0.2) is 9.84 Å². The first kappa shape index (κ1) is 14.9. The highest BCUT2D eigenvalue weighted by molar-refractivity contribution is 7.90. The maximum absolute atomic E-state index is 11.2. The van der Waals surface area contributed by atoms with Crippen LogP contribution in [0, 0.1) is 11.3 Å². The van der Waals surface area contributed by atoms with E-state index in [2.05, 4.69) is 0 Å². The Morgan fingerprint density at radius 2 is 1.88 bits per heavy atom. The number of rotatable bonds is 3. The Morgan fingerprint density at radius 1 is 1.38 bits per heavy atom. The number of hydrogen-bond donors (Lipinski definition) is 1. The van der Waals surface area contributed by atoms with Crippen molar-refractivity contribution in [2.75, 3.05) is 6.26 Å². The first-order valence-electron chi connectivity index (χ1n) is 4.37. The lowest BCUT2D eigenvalue weighted by Gasteiger charge is -2.07. The van der Waals surface area contributed by atoms with E-state index in [0.717, 1.165) is 11.8 Å². The van der Waals surface area contributed by atoms with Crippen molar-refractivity contribution in [1.82, 2.24) is 0 Å². The van der Waals surface area contributed by atoms with Crippen molar-refractivity contribution in [3.63, 3.8) is 0 Å². The molecule has 0 unspecified atom stereocenters. The number of hydrogen-bond acceptors (Lipinski definition) is 4. The van der Waals surface area contributed by atoms with Crippen LogP contribution in [-0.4, -0.2) is 14.7 Å². The predicted molar refractivity (Wildman–Crippen MR) is 64.0 cm³/mol. The van der Waals surface area contributed by atoms with E-state index in [9.17, 15) is 8.42 Å². The van der Waals surface area contributed by atoms with E-state index >= 15 is 0 Å². The average Bonchev–Trinajstić information content (AvgIpc) is 2.17. The molecule has 1 aromatic rings. The quantitative estimate of drug-likeness (QED) is 0.891. The van der Waals surface area contributed by atoms with Crippen molar-refractivity contribution in [2.45, 2.75) is 17.4 Å². The third-order valence-corrected chi connectivity index (χ3v) is 3.18. The van der Waals surface area contributed by atoms with Gasteiger partial charge in [0.25, 0.3) is 0 Å². The van der Waals surface area contributed by atoms with Crippen molar-refractivity contribution in [3.8, 4) is 6.07 Å². The molecule has 1 atom stereocenters. The van der Waals surface area contributed by atoms with Crippen molar-refractivity contribution in [1.29, 1.82) is 5.26 Å². The van der Waals surface area contributed by atoms with Gasteiger partial charge in [-0.2, -0.15) is 5.26 Å². The van der Waals surface area contributed by atoms with Gasteiger partial charge in [0, 0.05) is 12.3 Å². The van der Waals surface area contributed by atoms with Crippen molar-refractivity contribution >= 4 is 22.2 Å². The van der Waals surface area contributed by atoms with Crippen molar-refractivity contribution in [3.05, 3.63) is 29.8 Å². The van der Waals surface area contributed by atoms with Crippen LogP contribution in [0.15, 0.2) is 29.2 Å². The number of benzene rings is 1. The highest BCUT2D eigenvalue weighted by atomic mass is 35.5. The van der Waals surface area contributed by atoms with Crippen LogP contribution in [0.5, 0.6) is 0 Å².